The topological polar surface area (TPSA) is 65.9 Å². The van der Waals surface area contributed by atoms with Crippen LogP contribution < -0.4 is 5.01 Å². The Morgan fingerprint density at radius 2 is 1.54 bits per heavy atom. The molecule has 4 rings (SSSR count). The van der Waals surface area contributed by atoms with E-state index in [-0.39, 0.29) is 11.8 Å². The monoisotopic (exact) mass is 372 g/mol. The Balaban J connectivity index is 1.84. The highest BCUT2D eigenvalue weighted by molar-refractivity contribution is 6.14. The van der Waals surface area contributed by atoms with Gasteiger partial charge >= 0.3 is 0 Å². The van der Waals surface area contributed by atoms with Crippen molar-refractivity contribution in [2.24, 2.45) is 4.99 Å². The first-order chi connectivity index (χ1) is 13.6. The van der Waals surface area contributed by atoms with Crippen LogP contribution in [0.2, 0.25) is 0 Å². The lowest BCUT2D eigenvalue weighted by atomic mass is 10.1. The number of aliphatic imine (C=N–C) groups is 1. The summed E-state index contributed by atoms with van der Waals surface area (Å²) >= 11 is 0. The maximum absolute atomic E-state index is 12.6. The average Bonchev–Trinajstić information content (AvgIpc) is 2.71. The molecule has 0 radical (unpaired) electrons. The fourth-order valence-corrected chi connectivity index (χ4v) is 3.51. The van der Waals surface area contributed by atoms with Gasteiger partial charge in [-0.15, -0.1) is 0 Å². The van der Waals surface area contributed by atoms with Gasteiger partial charge in [0.2, 0.25) is 11.8 Å². The number of aryl methyl sites for hydroxylation is 1. The van der Waals surface area contributed by atoms with E-state index in [4.69, 9.17) is 4.99 Å². The number of carbonyl (C=O) groups excluding carboxylic acids is 2. The van der Waals surface area contributed by atoms with E-state index in [1.807, 2.05) is 54.6 Å². The molecule has 0 unspecified atom stereocenters. The number of amidine groups is 1. The van der Waals surface area contributed by atoms with Crippen molar-refractivity contribution >= 4 is 39.9 Å². The minimum atomic E-state index is -0.256. The van der Waals surface area contributed by atoms with Crippen LogP contribution in [0, 0.1) is 0 Å². The van der Waals surface area contributed by atoms with E-state index in [9.17, 15) is 9.59 Å². The van der Waals surface area contributed by atoms with Gasteiger partial charge in [-0.25, -0.2) is 10.0 Å². The molecule has 1 aliphatic rings. The van der Waals surface area contributed by atoms with E-state index in [2.05, 4.69) is 4.98 Å². The van der Waals surface area contributed by atoms with Crippen molar-refractivity contribution in [1.82, 2.24) is 9.99 Å². The van der Waals surface area contributed by atoms with Gasteiger partial charge in [0.15, 0.2) is 0 Å². The summed E-state index contributed by atoms with van der Waals surface area (Å²) in [6.45, 7) is 2.90. The molecule has 140 valence electrons. The number of nitrogens with zero attached hydrogens (tertiary/aromatic N) is 4. The van der Waals surface area contributed by atoms with E-state index in [1.54, 1.807) is 6.20 Å². The Hall–Kier alpha value is -3.54. The summed E-state index contributed by atoms with van der Waals surface area (Å²) in [5.41, 5.74) is 3.08. The quantitative estimate of drug-likeness (QED) is 0.697. The van der Waals surface area contributed by atoms with E-state index >= 15 is 0 Å². The predicted octanol–water partition coefficient (Wildman–Crippen LogP) is 4.03. The van der Waals surface area contributed by atoms with Crippen molar-refractivity contribution in [3.63, 3.8) is 0 Å². The normalized spacial score (nSPS) is 13.3. The standard InChI is InChI=1S/C22H20N4O2/c1-15(27)25-21(13-12-17-8-4-3-5-9-17)24-20-14-23-19-11-7-6-10-18(19)22(20)26(25)16(2)28/h3-11,14H,12-13H2,1-2H3. The van der Waals surface area contributed by atoms with Crippen LogP contribution >= 0.6 is 0 Å². The van der Waals surface area contributed by atoms with Gasteiger partial charge < -0.3 is 0 Å². The molecule has 6 nitrogen and oxygen atoms in total. The zero-order valence-electron chi connectivity index (χ0n) is 15.8. The number of hydrogen-bond donors (Lipinski definition) is 0. The third-order valence-corrected chi connectivity index (χ3v) is 4.71. The van der Waals surface area contributed by atoms with Crippen molar-refractivity contribution in [2.75, 3.05) is 5.01 Å². The summed E-state index contributed by atoms with van der Waals surface area (Å²) in [7, 11) is 0. The first-order valence-corrected chi connectivity index (χ1v) is 9.17. The van der Waals surface area contributed by atoms with E-state index in [0.29, 0.717) is 30.1 Å². The Kier molecular flexibility index (Phi) is 4.61. The molecular weight excluding hydrogens is 352 g/mol. The second-order valence-electron chi connectivity index (χ2n) is 6.68. The lowest BCUT2D eigenvalue weighted by Gasteiger charge is -2.38. The summed E-state index contributed by atoms with van der Waals surface area (Å²) in [6, 6.07) is 17.5. The number of aromatic nitrogens is 1. The molecule has 6 heteroatoms. The van der Waals surface area contributed by atoms with Crippen molar-refractivity contribution in [3.05, 3.63) is 66.4 Å². The average molecular weight is 372 g/mol. The van der Waals surface area contributed by atoms with Crippen molar-refractivity contribution in [2.45, 2.75) is 26.7 Å². The second-order valence-corrected chi connectivity index (χ2v) is 6.68. The van der Waals surface area contributed by atoms with Gasteiger partial charge in [-0.05, 0) is 18.1 Å². The van der Waals surface area contributed by atoms with Crippen LogP contribution in [0.4, 0.5) is 11.4 Å². The summed E-state index contributed by atoms with van der Waals surface area (Å²) < 4.78 is 0. The third-order valence-electron chi connectivity index (χ3n) is 4.71. The minimum absolute atomic E-state index is 0.250. The van der Waals surface area contributed by atoms with Crippen molar-refractivity contribution in [3.8, 4) is 0 Å². The Morgan fingerprint density at radius 1 is 0.857 bits per heavy atom. The highest BCUT2D eigenvalue weighted by Gasteiger charge is 2.34. The van der Waals surface area contributed by atoms with Crippen LogP contribution in [0.3, 0.4) is 0 Å². The van der Waals surface area contributed by atoms with Crippen molar-refractivity contribution < 1.29 is 9.59 Å². The Bertz CT molecular complexity index is 1090. The number of hydrazine groups is 1. The fourth-order valence-electron chi connectivity index (χ4n) is 3.51. The number of para-hydroxylation sites is 1. The first kappa shape index (κ1) is 17.9. The smallest absolute Gasteiger partial charge is 0.244 e. The first-order valence-electron chi connectivity index (χ1n) is 9.17. The number of fused-ring (bicyclic) bond motifs is 3. The largest absolute Gasteiger partial charge is 0.273 e. The van der Waals surface area contributed by atoms with Gasteiger partial charge in [-0.1, -0.05) is 48.5 Å². The third kappa shape index (κ3) is 3.13. The number of anilines is 1. The van der Waals surface area contributed by atoms with Crippen LogP contribution in [-0.4, -0.2) is 27.6 Å². The van der Waals surface area contributed by atoms with Gasteiger partial charge in [0.1, 0.15) is 17.2 Å². The van der Waals surface area contributed by atoms with Gasteiger partial charge in [-0.2, -0.15) is 5.01 Å². The second kappa shape index (κ2) is 7.23. The van der Waals surface area contributed by atoms with E-state index < -0.39 is 0 Å². The SMILES string of the molecule is CC(=O)N1C(CCc2ccccc2)=Nc2cnc3ccccc3c2N1C(C)=O. The molecule has 0 aliphatic carbocycles. The molecule has 1 aliphatic heterocycles. The summed E-state index contributed by atoms with van der Waals surface area (Å²) in [4.78, 5) is 34.3. The Morgan fingerprint density at radius 3 is 2.25 bits per heavy atom. The highest BCUT2D eigenvalue weighted by Crippen LogP contribution is 2.40. The molecule has 2 heterocycles. The molecule has 2 aromatic carbocycles. The number of carbonyl (C=O) groups is 2. The Labute approximate surface area is 163 Å². The van der Waals surface area contributed by atoms with Gasteiger partial charge in [0.25, 0.3) is 0 Å². The zero-order chi connectivity index (χ0) is 19.7. The van der Waals surface area contributed by atoms with E-state index in [1.165, 1.54) is 23.9 Å². The number of rotatable bonds is 3. The summed E-state index contributed by atoms with van der Waals surface area (Å²) in [6.07, 6.45) is 2.90. The summed E-state index contributed by atoms with van der Waals surface area (Å²) in [5.74, 6) is 0.0320. The van der Waals surface area contributed by atoms with Crippen LogP contribution in [0.5, 0.6) is 0 Å². The molecular formula is C22H20N4O2. The predicted molar refractivity (Wildman–Crippen MR) is 109 cm³/mol. The van der Waals surface area contributed by atoms with Gasteiger partial charge in [0.05, 0.1) is 11.7 Å². The maximum atomic E-state index is 12.6. The highest BCUT2D eigenvalue weighted by atomic mass is 16.2. The molecule has 0 bridgehead atoms. The molecule has 0 atom stereocenters. The molecule has 0 fully saturated rings. The molecule has 1 aromatic heterocycles. The lowest BCUT2D eigenvalue weighted by Crippen LogP contribution is -2.53. The number of pyridine rings is 1. The molecule has 0 saturated carbocycles. The lowest BCUT2D eigenvalue weighted by molar-refractivity contribution is -0.130. The number of benzene rings is 2. The summed E-state index contributed by atoms with van der Waals surface area (Å²) in [5, 5.41) is 3.60. The molecule has 0 N–H and O–H groups in total. The van der Waals surface area contributed by atoms with Gasteiger partial charge in [0, 0.05) is 25.7 Å². The number of hydrogen-bond acceptors (Lipinski definition) is 4. The zero-order valence-corrected chi connectivity index (χ0v) is 15.8. The van der Waals surface area contributed by atoms with E-state index in [0.717, 1.165) is 16.5 Å². The molecule has 28 heavy (non-hydrogen) atoms. The molecule has 3 aromatic rings. The van der Waals surface area contributed by atoms with Crippen LogP contribution in [0.15, 0.2) is 65.8 Å². The van der Waals surface area contributed by atoms with Crippen molar-refractivity contribution in [1.29, 1.82) is 0 Å². The van der Waals surface area contributed by atoms with Crippen LogP contribution in [0.1, 0.15) is 25.8 Å². The molecule has 0 spiro atoms. The molecule has 0 saturated heterocycles. The maximum Gasteiger partial charge on any atom is 0.244 e. The van der Waals surface area contributed by atoms with Crippen LogP contribution in [0.25, 0.3) is 10.9 Å². The van der Waals surface area contributed by atoms with Gasteiger partial charge in [-0.3, -0.25) is 14.6 Å². The molecule has 2 amide bonds. The van der Waals surface area contributed by atoms with Crippen LogP contribution in [-0.2, 0) is 16.0 Å². The fraction of sp³-hybridized carbons (Fsp3) is 0.182. The minimum Gasteiger partial charge on any atom is -0.273 e. The number of amides is 2.